The number of aromatic amines is 1. The summed E-state index contributed by atoms with van der Waals surface area (Å²) >= 11 is 0. The molecule has 0 unspecified atom stereocenters. The molecule has 4 rings (SSSR count). The smallest absolute Gasteiger partial charge is 0.319 e. The zero-order valence-electron chi connectivity index (χ0n) is 13.0. The van der Waals surface area contributed by atoms with E-state index in [0.29, 0.717) is 6.54 Å². The zero-order valence-corrected chi connectivity index (χ0v) is 13.0. The van der Waals surface area contributed by atoms with Crippen molar-refractivity contribution < 1.29 is 9.72 Å². The minimum atomic E-state index is -0.591. The highest BCUT2D eigenvalue weighted by Gasteiger charge is 2.34. The molecule has 1 amide bonds. The van der Waals surface area contributed by atoms with Crippen LogP contribution in [0.1, 0.15) is 23.3 Å². The summed E-state index contributed by atoms with van der Waals surface area (Å²) in [4.78, 5) is 27.2. The molecule has 0 spiro atoms. The fraction of sp³-hybridized carbons (Fsp3) is 0.375. The zero-order chi connectivity index (χ0) is 16.7. The van der Waals surface area contributed by atoms with Crippen LogP contribution < -0.4 is 9.80 Å². The molecule has 2 aromatic rings. The van der Waals surface area contributed by atoms with Crippen molar-refractivity contribution in [1.29, 1.82) is 0 Å². The Morgan fingerprint density at radius 1 is 1.29 bits per heavy atom. The Kier molecular flexibility index (Phi) is 3.44. The first-order chi connectivity index (χ1) is 11.6. The van der Waals surface area contributed by atoms with E-state index >= 15 is 0 Å². The standard InChI is InChI=1S/C16H17N5O3/c22-16(15-14(21(23)24)9-17-18-15)20-8-7-19(10-11-5-6-11)12-3-1-2-4-13(12)20/h1-4,9,11H,5-8,10H2,(H,17,18). The van der Waals surface area contributed by atoms with Crippen molar-refractivity contribution in [2.75, 3.05) is 29.4 Å². The van der Waals surface area contributed by atoms with Gasteiger partial charge in [0.2, 0.25) is 5.69 Å². The van der Waals surface area contributed by atoms with Crippen LogP contribution in [0.4, 0.5) is 17.1 Å². The highest BCUT2D eigenvalue weighted by Crippen LogP contribution is 2.38. The monoisotopic (exact) mass is 327 g/mol. The molecule has 1 saturated carbocycles. The van der Waals surface area contributed by atoms with Gasteiger partial charge in [0, 0.05) is 19.6 Å². The average molecular weight is 327 g/mol. The fourth-order valence-electron chi connectivity index (χ4n) is 3.14. The van der Waals surface area contributed by atoms with Gasteiger partial charge in [0.15, 0.2) is 0 Å². The van der Waals surface area contributed by atoms with Crippen LogP contribution in [0, 0.1) is 16.0 Å². The number of amides is 1. The molecule has 0 saturated heterocycles. The number of H-pyrrole nitrogens is 1. The van der Waals surface area contributed by atoms with Gasteiger partial charge in [0.25, 0.3) is 5.91 Å². The Balaban J connectivity index is 1.67. The molecule has 1 aromatic carbocycles. The second kappa shape index (κ2) is 5.63. The molecule has 0 radical (unpaired) electrons. The largest absolute Gasteiger partial charge is 0.368 e. The van der Waals surface area contributed by atoms with Gasteiger partial charge in [0.1, 0.15) is 6.20 Å². The number of hydrogen-bond donors (Lipinski definition) is 1. The summed E-state index contributed by atoms with van der Waals surface area (Å²) in [6, 6.07) is 7.71. The number of hydrogen-bond acceptors (Lipinski definition) is 5. The summed E-state index contributed by atoms with van der Waals surface area (Å²) in [6.07, 6.45) is 3.60. The Labute approximate surface area is 138 Å². The normalized spacial score (nSPS) is 16.8. The predicted molar refractivity (Wildman–Crippen MR) is 88.3 cm³/mol. The van der Waals surface area contributed by atoms with E-state index in [1.165, 1.54) is 12.8 Å². The second-order valence-electron chi connectivity index (χ2n) is 6.22. The van der Waals surface area contributed by atoms with Gasteiger partial charge in [-0.05, 0) is 30.9 Å². The number of rotatable bonds is 4. The third-order valence-electron chi connectivity index (χ3n) is 4.56. The van der Waals surface area contributed by atoms with Crippen molar-refractivity contribution in [3.05, 3.63) is 46.3 Å². The van der Waals surface area contributed by atoms with Gasteiger partial charge >= 0.3 is 5.69 Å². The lowest BCUT2D eigenvalue weighted by atomic mass is 10.1. The average Bonchev–Trinajstić information content (AvgIpc) is 3.26. The van der Waals surface area contributed by atoms with Gasteiger partial charge in [-0.25, -0.2) is 0 Å². The van der Waals surface area contributed by atoms with E-state index in [2.05, 4.69) is 15.1 Å². The summed E-state index contributed by atoms with van der Waals surface area (Å²) in [5.41, 5.74) is 1.42. The SMILES string of the molecule is O=C(c1[nH]ncc1[N+](=O)[O-])N1CCN(CC2CC2)c2ccccc21. The van der Waals surface area contributed by atoms with Crippen LogP contribution in [0.5, 0.6) is 0 Å². The number of benzene rings is 1. The van der Waals surface area contributed by atoms with Gasteiger partial charge in [0.05, 0.1) is 16.3 Å². The van der Waals surface area contributed by atoms with E-state index in [9.17, 15) is 14.9 Å². The predicted octanol–water partition coefficient (Wildman–Crippen LogP) is 2.19. The molecular formula is C16H17N5O3. The molecule has 1 aromatic heterocycles. The van der Waals surface area contributed by atoms with Crippen molar-refractivity contribution in [3.8, 4) is 0 Å². The molecular weight excluding hydrogens is 310 g/mol. The molecule has 1 aliphatic carbocycles. The van der Waals surface area contributed by atoms with Crippen molar-refractivity contribution >= 4 is 23.0 Å². The molecule has 24 heavy (non-hydrogen) atoms. The van der Waals surface area contributed by atoms with Crippen molar-refractivity contribution in [1.82, 2.24) is 10.2 Å². The summed E-state index contributed by atoms with van der Waals surface area (Å²) in [6.45, 7) is 2.23. The van der Waals surface area contributed by atoms with Crippen LogP contribution in [0.15, 0.2) is 30.5 Å². The lowest BCUT2D eigenvalue weighted by molar-refractivity contribution is -0.385. The quantitative estimate of drug-likeness (QED) is 0.686. The van der Waals surface area contributed by atoms with E-state index in [-0.39, 0.29) is 11.4 Å². The Hall–Kier alpha value is -2.90. The van der Waals surface area contributed by atoms with E-state index in [1.807, 2.05) is 24.3 Å². The van der Waals surface area contributed by atoms with E-state index in [1.54, 1.807) is 4.90 Å². The van der Waals surface area contributed by atoms with Gasteiger partial charge in [-0.3, -0.25) is 20.0 Å². The number of nitrogens with zero attached hydrogens (tertiary/aromatic N) is 4. The lowest BCUT2D eigenvalue weighted by Crippen LogP contribution is -2.45. The molecule has 0 atom stereocenters. The number of carbonyl (C=O) groups excluding carboxylic acids is 1. The van der Waals surface area contributed by atoms with Crippen LogP contribution >= 0.6 is 0 Å². The second-order valence-corrected chi connectivity index (χ2v) is 6.22. The number of aromatic nitrogens is 2. The Morgan fingerprint density at radius 2 is 2.04 bits per heavy atom. The van der Waals surface area contributed by atoms with Crippen molar-refractivity contribution in [3.63, 3.8) is 0 Å². The van der Waals surface area contributed by atoms with Gasteiger partial charge < -0.3 is 9.80 Å². The van der Waals surface area contributed by atoms with Crippen LogP contribution in [-0.2, 0) is 0 Å². The maximum atomic E-state index is 12.8. The topological polar surface area (TPSA) is 95.4 Å². The molecule has 8 nitrogen and oxygen atoms in total. The molecule has 1 fully saturated rings. The van der Waals surface area contributed by atoms with Crippen LogP contribution in [-0.4, -0.2) is 40.7 Å². The molecule has 2 aliphatic rings. The first-order valence-electron chi connectivity index (χ1n) is 7.98. The van der Waals surface area contributed by atoms with Crippen LogP contribution in [0.3, 0.4) is 0 Å². The number of anilines is 2. The Bertz CT molecular complexity index is 799. The number of para-hydroxylation sites is 2. The highest BCUT2D eigenvalue weighted by atomic mass is 16.6. The van der Waals surface area contributed by atoms with Gasteiger partial charge in [-0.15, -0.1) is 0 Å². The maximum absolute atomic E-state index is 12.8. The number of nitrogens with one attached hydrogen (secondary N) is 1. The summed E-state index contributed by atoms with van der Waals surface area (Å²) in [5.74, 6) is 0.326. The number of carbonyl (C=O) groups is 1. The number of fused-ring (bicyclic) bond motifs is 1. The molecule has 124 valence electrons. The highest BCUT2D eigenvalue weighted by molar-refractivity contribution is 6.09. The summed E-state index contributed by atoms with van der Waals surface area (Å²) in [7, 11) is 0. The minimum absolute atomic E-state index is 0.0783. The molecule has 1 N–H and O–H groups in total. The van der Waals surface area contributed by atoms with Gasteiger partial charge in [-0.1, -0.05) is 12.1 Å². The van der Waals surface area contributed by atoms with E-state index in [4.69, 9.17) is 0 Å². The molecule has 2 heterocycles. The van der Waals surface area contributed by atoms with E-state index < -0.39 is 10.8 Å². The van der Waals surface area contributed by atoms with Crippen LogP contribution in [0.25, 0.3) is 0 Å². The third-order valence-corrected chi connectivity index (χ3v) is 4.56. The van der Waals surface area contributed by atoms with Crippen molar-refractivity contribution in [2.45, 2.75) is 12.8 Å². The molecule has 8 heteroatoms. The molecule has 1 aliphatic heterocycles. The first-order valence-corrected chi connectivity index (χ1v) is 7.98. The van der Waals surface area contributed by atoms with E-state index in [0.717, 1.165) is 36.6 Å². The summed E-state index contributed by atoms with van der Waals surface area (Å²) < 4.78 is 0. The third kappa shape index (κ3) is 2.49. The van der Waals surface area contributed by atoms with Crippen LogP contribution in [0.2, 0.25) is 0 Å². The fourth-order valence-corrected chi connectivity index (χ4v) is 3.14. The summed E-state index contributed by atoms with van der Waals surface area (Å²) in [5, 5.41) is 17.2. The first kappa shape index (κ1) is 14.7. The lowest BCUT2D eigenvalue weighted by Gasteiger charge is -2.37. The van der Waals surface area contributed by atoms with Crippen molar-refractivity contribution in [2.24, 2.45) is 5.92 Å². The van der Waals surface area contributed by atoms with Gasteiger partial charge in [-0.2, -0.15) is 5.10 Å². The molecule has 0 bridgehead atoms. The number of nitro groups is 1. The minimum Gasteiger partial charge on any atom is -0.368 e. The Morgan fingerprint density at radius 3 is 2.75 bits per heavy atom. The maximum Gasteiger partial charge on any atom is 0.319 e.